The van der Waals surface area contributed by atoms with E-state index in [1.54, 1.807) is 17.8 Å². The fourth-order valence-corrected chi connectivity index (χ4v) is 3.25. The summed E-state index contributed by atoms with van der Waals surface area (Å²) in [6.07, 6.45) is 3.84. The van der Waals surface area contributed by atoms with Gasteiger partial charge in [0.25, 0.3) is 0 Å². The van der Waals surface area contributed by atoms with Crippen LogP contribution in [0.2, 0.25) is 0 Å². The summed E-state index contributed by atoms with van der Waals surface area (Å²) >= 11 is 1.57. The molecule has 0 amide bonds. The van der Waals surface area contributed by atoms with E-state index in [2.05, 4.69) is 0 Å². The van der Waals surface area contributed by atoms with Gasteiger partial charge in [-0.25, -0.2) is 4.39 Å². The van der Waals surface area contributed by atoms with Crippen LogP contribution < -0.4 is 5.73 Å². The van der Waals surface area contributed by atoms with Gasteiger partial charge in [-0.05, 0) is 31.0 Å². The Hall–Kier alpha value is -0.740. The number of hydrogen-bond donors (Lipinski definition) is 2. The van der Waals surface area contributed by atoms with Crippen LogP contribution >= 0.6 is 11.8 Å². The second-order valence-corrected chi connectivity index (χ2v) is 5.47. The minimum atomic E-state index is -0.314. The predicted molar refractivity (Wildman–Crippen MR) is 64.9 cm³/mol. The van der Waals surface area contributed by atoms with E-state index in [0.717, 1.165) is 30.6 Å². The molecule has 1 aliphatic carbocycles. The third kappa shape index (κ3) is 2.68. The molecule has 88 valence electrons. The number of nitrogens with two attached hydrogens (primary N) is 1. The molecule has 1 aliphatic rings. The lowest BCUT2D eigenvalue weighted by molar-refractivity contribution is 0.137. The van der Waals surface area contributed by atoms with Crippen LogP contribution in [0.15, 0.2) is 23.1 Å². The van der Waals surface area contributed by atoms with E-state index >= 15 is 0 Å². The molecule has 4 heteroatoms. The van der Waals surface area contributed by atoms with Crippen molar-refractivity contribution in [3.8, 4) is 0 Å². The average molecular weight is 241 g/mol. The largest absolute Gasteiger partial charge is 0.398 e. The van der Waals surface area contributed by atoms with Gasteiger partial charge in [0.15, 0.2) is 0 Å². The lowest BCUT2D eigenvalue weighted by Crippen LogP contribution is -2.26. The predicted octanol–water partition coefficient (Wildman–Crippen LogP) is 2.80. The topological polar surface area (TPSA) is 46.2 Å². The van der Waals surface area contributed by atoms with Crippen molar-refractivity contribution in [2.75, 3.05) is 5.73 Å². The number of rotatable bonds is 2. The Balaban J connectivity index is 2.07. The first kappa shape index (κ1) is 11.7. The van der Waals surface area contributed by atoms with Crippen LogP contribution in [0.3, 0.4) is 0 Å². The molecule has 1 aromatic carbocycles. The van der Waals surface area contributed by atoms with Crippen LogP contribution in [0, 0.1) is 5.82 Å². The summed E-state index contributed by atoms with van der Waals surface area (Å²) in [5.74, 6) is -0.314. The van der Waals surface area contributed by atoms with Crippen LogP contribution in [-0.2, 0) is 0 Å². The molecule has 0 bridgehead atoms. The van der Waals surface area contributed by atoms with Crippen molar-refractivity contribution in [1.82, 2.24) is 0 Å². The Morgan fingerprint density at radius 3 is 2.75 bits per heavy atom. The molecule has 2 unspecified atom stereocenters. The Kier molecular flexibility index (Phi) is 3.71. The van der Waals surface area contributed by atoms with Crippen molar-refractivity contribution in [2.24, 2.45) is 0 Å². The molecule has 0 spiro atoms. The normalized spacial score (nSPS) is 25.6. The van der Waals surface area contributed by atoms with Gasteiger partial charge >= 0.3 is 0 Å². The zero-order chi connectivity index (χ0) is 11.5. The first-order valence-electron chi connectivity index (χ1n) is 5.56. The summed E-state index contributed by atoms with van der Waals surface area (Å²) in [6, 6.07) is 4.43. The van der Waals surface area contributed by atoms with E-state index in [-0.39, 0.29) is 17.2 Å². The molecule has 0 aliphatic heterocycles. The summed E-state index contributed by atoms with van der Waals surface area (Å²) in [4.78, 5) is 0.868. The number of aliphatic hydroxyl groups excluding tert-OH is 1. The van der Waals surface area contributed by atoms with Crippen molar-refractivity contribution in [2.45, 2.75) is 41.9 Å². The highest BCUT2D eigenvalue weighted by atomic mass is 32.2. The monoisotopic (exact) mass is 241 g/mol. The Bertz CT molecular complexity index is 372. The summed E-state index contributed by atoms with van der Waals surface area (Å²) in [5.41, 5.74) is 6.20. The highest BCUT2D eigenvalue weighted by molar-refractivity contribution is 8.00. The van der Waals surface area contributed by atoms with E-state index in [0.29, 0.717) is 5.69 Å². The fraction of sp³-hybridized carbons (Fsp3) is 0.500. The minimum Gasteiger partial charge on any atom is -0.398 e. The number of anilines is 1. The first-order valence-corrected chi connectivity index (χ1v) is 6.44. The number of benzene rings is 1. The summed E-state index contributed by atoms with van der Waals surface area (Å²) < 4.78 is 12.9. The number of nitrogen functional groups attached to an aromatic ring is 1. The van der Waals surface area contributed by atoms with Crippen molar-refractivity contribution in [1.29, 1.82) is 0 Å². The molecule has 16 heavy (non-hydrogen) atoms. The van der Waals surface area contributed by atoms with Gasteiger partial charge in [0, 0.05) is 15.8 Å². The SMILES string of the molecule is Nc1cc(F)ccc1SC1CCCCC1O. The molecule has 2 nitrogen and oxygen atoms in total. The molecule has 1 fully saturated rings. The molecule has 0 aromatic heterocycles. The molecular weight excluding hydrogens is 225 g/mol. The van der Waals surface area contributed by atoms with Crippen molar-refractivity contribution < 1.29 is 9.50 Å². The van der Waals surface area contributed by atoms with Crippen molar-refractivity contribution in [3.63, 3.8) is 0 Å². The average Bonchev–Trinajstić information content (AvgIpc) is 2.25. The zero-order valence-corrected chi connectivity index (χ0v) is 9.84. The van der Waals surface area contributed by atoms with Gasteiger partial charge in [0.1, 0.15) is 5.82 Å². The smallest absolute Gasteiger partial charge is 0.125 e. The maximum Gasteiger partial charge on any atom is 0.125 e. The summed E-state index contributed by atoms with van der Waals surface area (Å²) in [7, 11) is 0. The van der Waals surface area contributed by atoms with Crippen LogP contribution in [0.4, 0.5) is 10.1 Å². The lowest BCUT2D eigenvalue weighted by atomic mass is 9.97. The quantitative estimate of drug-likeness (QED) is 0.783. The highest BCUT2D eigenvalue weighted by Crippen LogP contribution is 2.36. The Morgan fingerprint density at radius 1 is 1.31 bits per heavy atom. The minimum absolute atomic E-state index is 0.196. The van der Waals surface area contributed by atoms with Crippen molar-refractivity contribution in [3.05, 3.63) is 24.0 Å². The van der Waals surface area contributed by atoms with Crippen LogP contribution in [-0.4, -0.2) is 16.5 Å². The van der Waals surface area contributed by atoms with Crippen LogP contribution in [0.1, 0.15) is 25.7 Å². The second kappa shape index (κ2) is 5.06. The fourth-order valence-electron chi connectivity index (χ4n) is 2.00. The third-order valence-corrected chi connectivity index (χ3v) is 4.40. The van der Waals surface area contributed by atoms with Gasteiger partial charge in [-0.1, -0.05) is 12.8 Å². The molecule has 0 saturated heterocycles. The van der Waals surface area contributed by atoms with Crippen molar-refractivity contribution >= 4 is 17.4 Å². The molecule has 2 atom stereocenters. The molecule has 1 saturated carbocycles. The van der Waals surface area contributed by atoms with Gasteiger partial charge in [0.2, 0.25) is 0 Å². The molecule has 1 aromatic rings. The summed E-state index contributed by atoms with van der Waals surface area (Å²) in [5, 5.41) is 10.0. The molecular formula is C12H16FNOS. The Morgan fingerprint density at radius 2 is 2.06 bits per heavy atom. The van der Waals surface area contributed by atoms with Gasteiger partial charge < -0.3 is 10.8 Å². The van der Waals surface area contributed by atoms with E-state index in [1.165, 1.54) is 12.1 Å². The maximum absolute atomic E-state index is 12.9. The molecule has 0 radical (unpaired) electrons. The number of aliphatic hydroxyl groups is 1. The second-order valence-electron chi connectivity index (χ2n) is 4.19. The maximum atomic E-state index is 12.9. The standard InChI is InChI=1S/C12H16FNOS/c13-8-5-6-11(9(14)7-8)16-12-4-2-1-3-10(12)15/h5-7,10,12,15H,1-4,14H2. The first-order chi connectivity index (χ1) is 7.66. The summed E-state index contributed by atoms with van der Waals surface area (Å²) in [6.45, 7) is 0. The van der Waals surface area contributed by atoms with Gasteiger partial charge in [-0.2, -0.15) is 0 Å². The van der Waals surface area contributed by atoms with Crippen LogP contribution in [0.5, 0.6) is 0 Å². The van der Waals surface area contributed by atoms with E-state index in [4.69, 9.17) is 5.73 Å². The molecule has 2 rings (SSSR count). The lowest BCUT2D eigenvalue weighted by Gasteiger charge is -2.27. The highest BCUT2D eigenvalue weighted by Gasteiger charge is 2.24. The molecule has 0 heterocycles. The van der Waals surface area contributed by atoms with E-state index < -0.39 is 0 Å². The zero-order valence-electron chi connectivity index (χ0n) is 9.03. The van der Waals surface area contributed by atoms with E-state index in [9.17, 15) is 9.50 Å². The van der Waals surface area contributed by atoms with Gasteiger partial charge in [-0.3, -0.25) is 0 Å². The van der Waals surface area contributed by atoms with Crippen LogP contribution in [0.25, 0.3) is 0 Å². The number of halogens is 1. The number of thioether (sulfide) groups is 1. The third-order valence-electron chi connectivity index (χ3n) is 2.92. The van der Waals surface area contributed by atoms with Gasteiger partial charge in [-0.15, -0.1) is 11.8 Å². The van der Waals surface area contributed by atoms with Gasteiger partial charge in [0.05, 0.1) is 6.10 Å². The number of hydrogen-bond acceptors (Lipinski definition) is 3. The van der Waals surface area contributed by atoms with E-state index in [1.807, 2.05) is 0 Å². The molecule has 3 N–H and O–H groups in total. The Labute approximate surface area is 99.0 Å².